The molecule has 0 saturated heterocycles. The van der Waals surface area contributed by atoms with Gasteiger partial charge in [-0.05, 0) is 36.8 Å². The first-order valence-electron chi connectivity index (χ1n) is 6.58. The quantitative estimate of drug-likeness (QED) is 0.644. The molecule has 1 saturated carbocycles. The first-order valence-corrected chi connectivity index (χ1v) is 7.37. The fourth-order valence-electron chi connectivity index (χ4n) is 2.82. The molecule has 0 radical (unpaired) electrons. The molecule has 1 aliphatic carbocycles. The number of anilines is 1. The number of nitro groups is 1. The van der Waals surface area contributed by atoms with Crippen molar-refractivity contribution in [1.29, 1.82) is 0 Å². The van der Waals surface area contributed by atoms with Crippen LogP contribution in [-0.4, -0.2) is 11.0 Å². The van der Waals surface area contributed by atoms with Crippen LogP contribution in [-0.2, 0) is 0 Å². The van der Waals surface area contributed by atoms with Crippen molar-refractivity contribution < 1.29 is 4.92 Å². The van der Waals surface area contributed by atoms with Gasteiger partial charge < -0.3 is 5.32 Å². The summed E-state index contributed by atoms with van der Waals surface area (Å²) in [5.41, 5.74) is 1.07. The fraction of sp³-hybridized carbons (Fsp3) is 0.571. The van der Waals surface area contributed by atoms with Crippen molar-refractivity contribution in [2.45, 2.75) is 45.6 Å². The molecule has 5 heteroatoms. The number of rotatable bonds is 3. The van der Waals surface area contributed by atoms with Gasteiger partial charge >= 0.3 is 0 Å². The number of nitrogens with one attached hydrogen (secondary N) is 1. The lowest BCUT2D eigenvalue weighted by Crippen LogP contribution is -2.31. The fourth-order valence-corrected chi connectivity index (χ4v) is 3.19. The number of nitro benzene ring substituents is 1. The Hall–Kier alpha value is -1.10. The van der Waals surface area contributed by atoms with Gasteiger partial charge in [-0.15, -0.1) is 0 Å². The van der Waals surface area contributed by atoms with Gasteiger partial charge in [0, 0.05) is 16.6 Å². The van der Waals surface area contributed by atoms with Crippen molar-refractivity contribution >= 4 is 27.3 Å². The van der Waals surface area contributed by atoms with Gasteiger partial charge in [-0.1, -0.05) is 36.2 Å². The van der Waals surface area contributed by atoms with Crippen molar-refractivity contribution in [2.75, 3.05) is 5.32 Å². The van der Waals surface area contributed by atoms with Gasteiger partial charge in [0.1, 0.15) is 5.69 Å². The van der Waals surface area contributed by atoms with Crippen LogP contribution in [0.5, 0.6) is 0 Å². The summed E-state index contributed by atoms with van der Waals surface area (Å²) in [6, 6.07) is 5.35. The molecular weight excluding hydrogens is 308 g/mol. The third kappa shape index (κ3) is 3.69. The maximum absolute atomic E-state index is 11.1. The van der Waals surface area contributed by atoms with Gasteiger partial charge in [0.25, 0.3) is 5.69 Å². The van der Waals surface area contributed by atoms with Gasteiger partial charge in [0.05, 0.1) is 4.92 Å². The molecule has 4 nitrogen and oxygen atoms in total. The Morgan fingerprint density at radius 2 is 2.21 bits per heavy atom. The maximum atomic E-state index is 11.1. The second-order valence-corrected chi connectivity index (χ2v) is 6.94. The molecule has 1 aromatic rings. The van der Waals surface area contributed by atoms with Crippen LogP contribution < -0.4 is 5.32 Å². The van der Waals surface area contributed by atoms with Crippen molar-refractivity contribution in [3.8, 4) is 0 Å². The van der Waals surface area contributed by atoms with E-state index in [9.17, 15) is 10.1 Å². The zero-order valence-corrected chi connectivity index (χ0v) is 12.9. The van der Waals surface area contributed by atoms with E-state index in [1.807, 2.05) is 0 Å². The van der Waals surface area contributed by atoms with Crippen molar-refractivity contribution in [1.82, 2.24) is 0 Å². The van der Waals surface area contributed by atoms with Crippen LogP contribution in [0.1, 0.15) is 39.5 Å². The molecule has 1 unspecified atom stereocenters. The average molecular weight is 327 g/mol. The molecule has 0 bridgehead atoms. The molecule has 1 aromatic carbocycles. The minimum absolute atomic E-state index is 0.145. The van der Waals surface area contributed by atoms with Gasteiger partial charge in [0.15, 0.2) is 0 Å². The van der Waals surface area contributed by atoms with Crippen LogP contribution in [0.3, 0.4) is 0 Å². The Bertz CT molecular complexity index is 488. The third-order valence-corrected chi connectivity index (χ3v) is 4.21. The predicted molar refractivity (Wildman–Crippen MR) is 80.5 cm³/mol. The molecule has 104 valence electrons. The first kappa shape index (κ1) is 14.3. The molecule has 1 aliphatic rings. The summed E-state index contributed by atoms with van der Waals surface area (Å²) in [4.78, 5) is 10.7. The number of halogens is 1. The Balaban J connectivity index is 2.18. The predicted octanol–water partition coefficient (Wildman–Crippen LogP) is 4.74. The summed E-state index contributed by atoms with van der Waals surface area (Å²) in [7, 11) is 0. The van der Waals surface area contributed by atoms with Crippen LogP contribution in [0.2, 0.25) is 0 Å². The SMILES string of the molecule is CC1(C)CCCC(Nc2cc(Br)ccc2[N+](=O)[O-])C1. The third-order valence-electron chi connectivity index (χ3n) is 3.72. The molecule has 1 atom stereocenters. The summed E-state index contributed by atoms with van der Waals surface area (Å²) >= 11 is 3.37. The Kier molecular flexibility index (Phi) is 4.13. The van der Waals surface area contributed by atoms with Crippen LogP contribution >= 0.6 is 15.9 Å². The highest BCUT2D eigenvalue weighted by Gasteiger charge is 2.29. The van der Waals surface area contributed by atoms with E-state index in [0.717, 1.165) is 17.3 Å². The zero-order chi connectivity index (χ0) is 14.0. The Morgan fingerprint density at radius 3 is 2.84 bits per heavy atom. The molecule has 0 heterocycles. The van der Waals surface area contributed by atoms with Crippen LogP contribution in [0, 0.1) is 15.5 Å². The molecule has 1 N–H and O–H groups in total. The molecule has 19 heavy (non-hydrogen) atoms. The maximum Gasteiger partial charge on any atom is 0.292 e. The highest BCUT2D eigenvalue weighted by molar-refractivity contribution is 9.10. The lowest BCUT2D eigenvalue weighted by Gasteiger charge is -2.35. The van der Waals surface area contributed by atoms with E-state index < -0.39 is 0 Å². The molecule has 0 aliphatic heterocycles. The Labute approximate surface area is 121 Å². The van der Waals surface area contributed by atoms with Crippen molar-refractivity contribution in [3.05, 3.63) is 32.8 Å². The van der Waals surface area contributed by atoms with Crippen LogP contribution in [0.15, 0.2) is 22.7 Å². The van der Waals surface area contributed by atoms with E-state index in [0.29, 0.717) is 17.1 Å². The van der Waals surface area contributed by atoms with E-state index in [-0.39, 0.29) is 10.6 Å². The number of nitrogens with zero attached hydrogens (tertiary/aromatic N) is 1. The van der Waals surface area contributed by atoms with Crippen molar-refractivity contribution in [3.63, 3.8) is 0 Å². The normalized spacial score (nSPS) is 21.9. The molecular formula is C14H19BrN2O2. The van der Waals surface area contributed by atoms with Gasteiger partial charge in [-0.3, -0.25) is 10.1 Å². The second kappa shape index (κ2) is 5.49. The van der Waals surface area contributed by atoms with E-state index in [1.54, 1.807) is 18.2 Å². The molecule has 0 aromatic heterocycles. The van der Waals surface area contributed by atoms with E-state index in [1.165, 1.54) is 12.8 Å². The largest absolute Gasteiger partial charge is 0.377 e. The monoisotopic (exact) mass is 326 g/mol. The second-order valence-electron chi connectivity index (χ2n) is 6.02. The highest BCUT2D eigenvalue weighted by atomic mass is 79.9. The van der Waals surface area contributed by atoms with E-state index in [2.05, 4.69) is 35.1 Å². The molecule has 0 spiro atoms. The number of hydrogen-bond donors (Lipinski definition) is 1. The minimum Gasteiger partial charge on any atom is -0.377 e. The summed E-state index contributed by atoms with van der Waals surface area (Å²) in [5.74, 6) is 0. The average Bonchev–Trinajstić information content (AvgIpc) is 2.27. The minimum atomic E-state index is -0.331. The van der Waals surface area contributed by atoms with Gasteiger partial charge in [-0.2, -0.15) is 0 Å². The summed E-state index contributed by atoms with van der Waals surface area (Å²) in [6.07, 6.45) is 4.53. The lowest BCUT2D eigenvalue weighted by atomic mass is 9.75. The van der Waals surface area contributed by atoms with Crippen LogP contribution in [0.25, 0.3) is 0 Å². The topological polar surface area (TPSA) is 55.2 Å². The summed E-state index contributed by atoms with van der Waals surface area (Å²) in [6.45, 7) is 4.52. The summed E-state index contributed by atoms with van der Waals surface area (Å²) < 4.78 is 0.857. The van der Waals surface area contributed by atoms with Gasteiger partial charge in [0.2, 0.25) is 0 Å². The number of benzene rings is 1. The van der Waals surface area contributed by atoms with Crippen molar-refractivity contribution in [2.24, 2.45) is 5.41 Å². The molecule has 2 rings (SSSR count). The number of hydrogen-bond acceptors (Lipinski definition) is 3. The smallest absolute Gasteiger partial charge is 0.292 e. The van der Waals surface area contributed by atoms with Crippen LogP contribution in [0.4, 0.5) is 11.4 Å². The molecule has 1 fully saturated rings. The van der Waals surface area contributed by atoms with Gasteiger partial charge in [-0.25, -0.2) is 0 Å². The summed E-state index contributed by atoms with van der Waals surface area (Å²) in [5, 5.41) is 14.4. The van der Waals surface area contributed by atoms with E-state index in [4.69, 9.17) is 0 Å². The Morgan fingerprint density at radius 1 is 1.47 bits per heavy atom. The zero-order valence-electron chi connectivity index (χ0n) is 11.3. The molecule has 0 amide bonds. The highest BCUT2D eigenvalue weighted by Crippen LogP contribution is 2.38. The standard InChI is InChI=1S/C14H19BrN2O2/c1-14(2)7-3-4-11(9-14)16-12-8-10(15)5-6-13(12)17(18)19/h5-6,8,11,16H,3-4,7,9H2,1-2H3. The first-order chi connectivity index (χ1) is 8.87. The lowest BCUT2D eigenvalue weighted by molar-refractivity contribution is -0.384. The van der Waals surface area contributed by atoms with E-state index >= 15 is 0 Å².